The van der Waals surface area contributed by atoms with E-state index >= 15 is 0 Å². The van der Waals surface area contributed by atoms with Crippen LogP contribution >= 0.6 is 11.6 Å². The molecule has 0 spiro atoms. The summed E-state index contributed by atoms with van der Waals surface area (Å²) in [5.41, 5.74) is 2.87. The highest BCUT2D eigenvalue weighted by atomic mass is 35.5. The minimum Gasteiger partial charge on any atom is -0.495 e. The van der Waals surface area contributed by atoms with Gasteiger partial charge in [-0.1, -0.05) is 78.7 Å². The molecule has 0 heterocycles. The normalized spacial score (nSPS) is 12.7. The Bertz CT molecular complexity index is 1430. The summed E-state index contributed by atoms with van der Waals surface area (Å²) in [5, 5.41) is 3.30. The van der Waals surface area contributed by atoms with Gasteiger partial charge in [-0.15, -0.1) is 0 Å². The maximum atomic E-state index is 14.2. The summed E-state index contributed by atoms with van der Waals surface area (Å²) in [6.07, 6.45) is 1.98. The van der Waals surface area contributed by atoms with E-state index in [0.717, 1.165) is 27.3 Å². The second kappa shape index (κ2) is 14.4. The number of anilines is 1. The Morgan fingerprint density at radius 3 is 2.24 bits per heavy atom. The van der Waals surface area contributed by atoms with Gasteiger partial charge in [0.25, 0.3) is 0 Å². The lowest BCUT2D eigenvalue weighted by molar-refractivity contribution is -0.140. The van der Waals surface area contributed by atoms with Crippen molar-refractivity contribution in [1.29, 1.82) is 0 Å². The van der Waals surface area contributed by atoms with Gasteiger partial charge in [-0.05, 0) is 49.6 Å². The third-order valence-corrected chi connectivity index (χ3v) is 8.20. The van der Waals surface area contributed by atoms with Gasteiger partial charge in [-0.25, -0.2) is 8.42 Å². The minimum absolute atomic E-state index is 0.106. The van der Waals surface area contributed by atoms with Crippen molar-refractivity contribution in [1.82, 2.24) is 10.2 Å². The zero-order chi connectivity index (χ0) is 30.2. The zero-order valence-corrected chi connectivity index (χ0v) is 25.7. The van der Waals surface area contributed by atoms with Crippen LogP contribution in [-0.2, 0) is 32.6 Å². The SMILES string of the molecule is CCC(C)NC(=O)C(Cc1ccccc1)N(Cc1ccc(C)cc1)C(=O)CN(c1cc(Cl)ccc1OC)S(C)(=O)=O. The second-order valence-electron chi connectivity index (χ2n) is 10.1. The molecule has 0 aliphatic heterocycles. The van der Waals surface area contributed by atoms with Crippen molar-refractivity contribution >= 4 is 39.1 Å². The van der Waals surface area contributed by atoms with E-state index in [1.807, 2.05) is 75.4 Å². The molecule has 0 aromatic heterocycles. The molecule has 0 aliphatic rings. The Morgan fingerprint density at radius 2 is 1.66 bits per heavy atom. The molecule has 0 radical (unpaired) electrons. The molecule has 0 aliphatic carbocycles. The number of amides is 2. The molecule has 41 heavy (non-hydrogen) atoms. The monoisotopic (exact) mass is 599 g/mol. The van der Waals surface area contributed by atoms with Crippen LogP contribution in [0.1, 0.15) is 37.0 Å². The summed E-state index contributed by atoms with van der Waals surface area (Å²) in [4.78, 5) is 29.4. The third-order valence-electron chi connectivity index (χ3n) is 6.83. The molecule has 1 N–H and O–H groups in total. The summed E-state index contributed by atoms with van der Waals surface area (Å²) in [6, 6.07) is 20.7. The number of nitrogens with one attached hydrogen (secondary N) is 1. The first kappa shape index (κ1) is 32.0. The van der Waals surface area contributed by atoms with Crippen LogP contribution in [0.2, 0.25) is 5.02 Å². The standard InChI is InChI=1S/C31H38ClN3O5S/c1-6-23(3)33-31(37)28(18-24-10-8-7-9-11-24)34(20-25-14-12-22(2)13-15-25)30(36)21-35(41(5,38)39)27-19-26(32)16-17-29(27)40-4/h7-17,19,23,28H,6,18,20-21H2,1-5H3,(H,33,37). The Balaban J connectivity index is 2.10. The molecule has 2 atom stereocenters. The number of hydrogen-bond donors (Lipinski definition) is 1. The van der Waals surface area contributed by atoms with Crippen molar-refractivity contribution in [2.24, 2.45) is 0 Å². The topological polar surface area (TPSA) is 96.0 Å². The van der Waals surface area contributed by atoms with E-state index in [0.29, 0.717) is 6.42 Å². The Labute approximate surface area is 248 Å². The van der Waals surface area contributed by atoms with Crippen molar-refractivity contribution in [2.45, 2.75) is 52.2 Å². The van der Waals surface area contributed by atoms with Crippen LogP contribution in [0.25, 0.3) is 0 Å². The van der Waals surface area contributed by atoms with Crippen LogP contribution in [0.5, 0.6) is 5.75 Å². The summed E-state index contributed by atoms with van der Waals surface area (Å²) in [7, 11) is -2.54. The molecule has 0 saturated carbocycles. The number of hydrogen-bond acceptors (Lipinski definition) is 5. The van der Waals surface area contributed by atoms with Gasteiger partial charge in [-0.3, -0.25) is 13.9 Å². The molecule has 0 saturated heterocycles. The van der Waals surface area contributed by atoms with E-state index in [2.05, 4.69) is 5.32 Å². The molecule has 0 bridgehead atoms. The number of sulfonamides is 1. The van der Waals surface area contributed by atoms with Crippen LogP contribution in [0.3, 0.4) is 0 Å². The lowest BCUT2D eigenvalue weighted by Gasteiger charge is -2.34. The van der Waals surface area contributed by atoms with Crippen LogP contribution in [0.15, 0.2) is 72.8 Å². The van der Waals surface area contributed by atoms with E-state index in [1.165, 1.54) is 18.1 Å². The van der Waals surface area contributed by atoms with E-state index in [9.17, 15) is 18.0 Å². The average molecular weight is 600 g/mol. The molecule has 3 aromatic rings. The number of carbonyl (C=O) groups excluding carboxylic acids is 2. The fourth-order valence-electron chi connectivity index (χ4n) is 4.34. The smallest absolute Gasteiger partial charge is 0.244 e. The number of benzene rings is 3. The van der Waals surface area contributed by atoms with Gasteiger partial charge >= 0.3 is 0 Å². The van der Waals surface area contributed by atoms with E-state index in [1.54, 1.807) is 12.1 Å². The van der Waals surface area contributed by atoms with Crippen LogP contribution < -0.4 is 14.4 Å². The van der Waals surface area contributed by atoms with Crippen LogP contribution in [-0.4, -0.2) is 57.1 Å². The summed E-state index contributed by atoms with van der Waals surface area (Å²) < 4.78 is 32.4. The molecule has 3 aromatic carbocycles. The number of methoxy groups -OCH3 is 1. The van der Waals surface area contributed by atoms with Crippen molar-refractivity contribution < 1.29 is 22.7 Å². The fraction of sp³-hybridized carbons (Fsp3) is 0.355. The van der Waals surface area contributed by atoms with Gasteiger partial charge in [0.15, 0.2) is 0 Å². The van der Waals surface area contributed by atoms with Gasteiger partial charge in [0.05, 0.1) is 19.1 Å². The van der Waals surface area contributed by atoms with E-state index < -0.39 is 28.5 Å². The first-order valence-corrected chi connectivity index (χ1v) is 15.7. The van der Waals surface area contributed by atoms with E-state index in [4.69, 9.17) is 16.3 Å². The van der Waals surface area contributed by atoms with Crippen molar-refractivity contribution in [2.75, 3.05) is 24.2 Å². The predicted octanol–water partition coefficient (Wildman–Crippen LogP) is 4.98. The number of ether oxygens (including phenoxy) is 1. The molecular formula is C31H38ClN3O5S. The van der Waals surface area contributed by atoms with Gasteiger partial charge in [0.2, 0.25) is 21.8 Å². The fourth-order valence-corrected chi connectivity index (χ4v) is 5.35. The van der Waals surface area contributed by atoms with Gasteiger partial charge in [0, 0.05) is 24.0 Å². The lowest BCUT2D eigenvalue weighted by Crippen LogP contribution is -2.54. The number of halogens is 1. The van der Waals surface area contributed by atoms with Crippen molar-refractivity contribution in [3.8, 4) is 5.75 Å². The van der Waals surface area contributed by atoms with Crippen LogP contribution in [0, 0.1) is 6.92 Å². The largest absolute Gasteiger partial charge is 0.495 e. The van der Waals surface area contributed by atoms with Gasteiger partial charge in [-0.2, -0.15) is 0 Å². The second-order valence-corrected chi connectivity index (χ2v) is 12.5. The van der Waals surface area contributed by atoms with Gasteiger partial charge in [0.1, 0.15) is 18.3 Å². The van der Waals surface area contributed by atoms with Crippen molar-refractivity contribution in [3.63, 3.8) is 0 Å². The highest BCUT2D eigenvalue weighted by Gasteiger charge is 2.34. The minimum atomic E-state index is -3.96. The van der Waals surface area contributed by atoms with Crippen LogP contribution in [0.4, 0.5) is 5.69 Å². The lowest BCUT2D eigenvalue weighted by atomic mass is 10.0. The molecule has 10 heteroatoms. The molecular weight excluding hydrogens is 562 g/mol. The first-order chi connectivity index (χ1) is 19.4. The first-order valence-electron chi connectivity index (χ1n) is 13.4. The van der Waals surface area contributed by atoms with E-state index in [-0.39, 0.29) is 41.4 Å². The Morgan fingerprint density at radius 1 is 1.00 bits per heavy atom. The highest BCUT2D eigenvalue weighted by molar-refractivity contribution is 7.92. The maximum absolute atomic E-state index is 14.2. The summed E-state index contributed by atoms with van der Waals surface area (Å²) >= 11 is 6.21. The number of aryl methyl sites for hydroxylation is 1. The molecule has 2 unspecified atom stereocenters. The quantitative estimate of drug-likeness (QED) is 0.299. The molecule has 0 fully saturated rings. The molecule has 8 nitrogen and oxygen atoms in total. The number of rotatable bonds is 13. The summed E-state index contributed by atoms with van der Waals surface area (Å²) in [6.45, 7) is 5.39. The van der Waals surface area contributed by atoms with Gasteiger partial charge < -0.3 is 15.0 Å². The van der Waals surface area contributed by atoms with Crippen molar-refractivity contribution in [3.05, 3.63) is 94.5 Å². The Kier molecular flexibility index (Phi) is 11.2. The summed E-state index contributed by atoms with van der Waals surface area (Å²) in [5.74, 6) is -0.610. The average Bonchev–Trinajstić information content (AvgIpc) is 2.94. The zero-order valence-electron chi connectivity index (χ0n) is 24.1. The number of nitrogens with zero attached hydrogens (tertiary/aromatic N) is 2. The molecule has 3 rings (SSSR count). The molecule has 220 valence electrons. The molecule has 2 amide bonds. The maximum Gasteiger partial charge on any atom is 0.244 e. The number of carbonyl (C=O) groups is 2. The highest BCUT2D eigenvalue weighted by Crippen LogP contribution is 2.33. The predicted molar refractivity (Wildman–Crippen MR) is 164 cm³/mol. The Hall–Kier alpha value is -3.56. The third kappa shape index (κ3) is 8.96.